The van der Waals surface area contributed by atoms with E-state index in [0.29, 0.717) is 16.9 Å². The fourth-order valence-corrected chi connectivity index (χ4v) is 2.24. The van der Waals surface area contributed by atoms with Gasteiger partial charge in [-0.05, 0) is 37.6 Å². The molecule has 1 aromatic rings. The Morgan fingerprint density at radius 2 is 1.90 bits per heavy atom. The van der Waals surface area contributed by atoms with E-state index in [9.17, 15) is 18.0 Å². The highest BCUT2D eigenvalue weighted by Crippen LogP contribution is 2.21. The van der Waals surface area contributed by atoms with Crippen LogP contribution in [0.15, 0.2) is 18.2 Å². The maximum atomic E-state index is 11.5. The SMILES string of the molecule is Cc1cc(N[C@H](C)C(=O)NC(N)=O)ccc1NS(C)(=O)=O. The Morgan fingerprint density at radius 3 is 2.38 bits per heavy atom. The number of nitrogens with one attached hydrogen (secondary N) is 3. The predicted octanol–water partition coefficient (Wildman–Crippen LogP) is 0.362. The minimum absolute atomic E-state index is 0.456. The van der Waals surface area contributed by atoms with E-state index in [0.717, 1.165) is 6.26 Å². The average Bonchev–Trinajstić information content (AvgIpc) is 2.30. The van der Waals surface area contributed by atoms with E-state index < -0.39 is 28.0 Å². The Hall–Kier alpha value is -2.29. The zero-order chi connectivity index (χ0) is 16.2. The number of hydrogen-bond acceptors (Lipinski definition) is 5. The molecular weight excluding hydrogens is 296 g/mol. The number of hydrogen-bond donors (Lipinski definition) is 4. The van der Waals surface area contributed by atoms with Crippen molar-refractivity contribution in [3.8, 4) is 0 Å². The zero-order valence-electron chi connectivity index (χ0n) is 11.9. The van der Waals surface area contributed by atoms with Crippen molar-refractivity contribution in [3.63, 3.8) is 0 Å². The molecule has 5 N–H and O–H groups in total. The van der Waals surface area contributed by atoms with Crippen molar-refractivity contribution in [1.29, 1.82) is 0 Å². The fourth-order valence-electron chi connectivity index (χ4n) is 1.61. The van der Waals surface area contributed by atoms with Crippen LogP contribution in [0.1, 0.15) is 12.5 Å². The molecular formula is C12H18N4O4S. The molecule has 0 bridgehead atoms. The van der Waals surface area contributed by atoms with E-state index in [1.807, 2.05) is 5.32 Å². The highest BCUT2D eigenvalue weighted by Gasteiger charge is 2.14. The first-order valence-electron chi connectivity index (χ1n) is 6.04. The number of sulfonamides is 1. The number of carbonyl (C=O) groups excluding carboxylic acids is 2. The molecule has 0 saturated heterocycles. The van der Waals surface area contributed by atoms with Crippen LogP contribution in [-0.2, 0) is 14.8 Å². The zero-order valence-corrected chi connectivity index (χ0v) is 12.7. The predicted molar refractivity (Wildman–Crippen MR) is 80.5 cm³/mol. The van der Waals surface area contributed by atoms with Gasteiger partial charge in [0.25, 0.3) is 0 Å². The summed E-state index contributed by atoms with van der Waals surface area (Å²) in [7, 11) is -3.35. The highest BCUT2D eigenvalue weighted by atomic mass is 32.2. The molecule has 1 aromatic carbocycles. The molecule has 0 radical (unpaired) electrons. The maximum absolute atomic E-state index is 11.5. The van der Waals surface area contributed by atoms with E-state index in [2.05, 4.69) is 10.0 Å². The number of benzene rings is 1. The van der Waals surface area contributed by atoms with E-state index in [4.69, 9.17) is 5.73 Å². The standard InChI is InChI=1S/C12H18N4O4S/c1-7-6-9(4-5-10(7)16-21(3,19)20)14-8(2)11(17)15-12(13)18/h4-6,8,14,16H,1-3H3,(H3,13,15,17,18)/t8-/m1/s1. The number of anilines is 2. The topological polar surface area (TPSA) is 130 Å². The molecule has 9 heteroatoms. The Balaban J connectivity index is 2.80. The molecule has 0 spiro atoms. The third-order valence-corrected chi connectivity index (χ3v) is 3.14. The van der Waals surface area contributed by atoms with Gasteiger partial charge in [-0.2, -0.15) is 0 Å². The van der Waals surface area contributed by atoms with Gasteiger partial charge in [-0.1, -0.05) is 0 Å². The lowest BCUT2D eigenvalue weighted by Crippen LogP contribution is -2.43. The van der Waals surface area contributed by atoms with Crippen LogP contribution in [0.2, 0.25) is 0 Å². The number of rotatable bonds is 5. The summed E-state index contributed by atoms with van der Waals surface area (Å²) >= 11 is 0. The van der Waals surface area contributed by atoms with Crippen molar-refractivity contribution < 1.29 is 18.0 Å². The lowest BCUT2D eigenvalue weighted by molar-refractivity contribution is -0.120. The average molecular weight is 314 g/mol. The summed E-state index contributed by atoms with van der Waals surface area (Å²) < 4.78 is 24.8. The third-order valence-electron chi connectivity index (χ3n) is 2.54. The number of carbonyl (C=O) groups is 2. The summed E-state index contributed by atoms with van der Waals surface area (Å²) in [6.45, 7) is 3.29. The van der Waals surface area contributed by atoms with Crippen molar-refractivity contribution in [1.82, 2.24) is 5.32 Å². The van der Waals surface area contributed by atoms with Gasteiger partial charge >= 0.3 is 6.03 Å². The minimum Gasteiger partial charge on any atom is -0.374 e. The van der Waals surface area contributed by atoms with Crippen LogP contribution in [-0.4, -0.2) is 32.7 Å². The molecule has 0 fully saturated rings. The molecule has 0 unspecified atom stereocenters. The van der Waals surface area contributed by atoms with Gasteiger partial charge in [0.15, 0.2) is 0 Å². The molecule has 1 atom stereocenters. The number of nitrogens with two attached hydrogens (primary N) is 1. The monoisotopic (exact) mass is 314 g/mol. The van der Waals surface area contributed by atoms with E-state index in [1.54, 1.807) is 32.0 Å². The second-order valence-electron chi connectivity index (χ2n) is 4.62. The van der Waals surface area contributed by atoms with Crippen molar-refractivity contribution in [3.05, 3.63) is 23.8 Å². The number of primary amides is 1. The van der Waals surface area contributed by atoms with Gasteiger partial charge in [-0.25, -0.2) is 13.2 Å². The quantitative estimate of drug-likeness (QED) is 0.623. The van der Waals surface area contributed by atoms with Gasteiger partial charge in [0.1, 0.15) is 6.04 Å². The van der Waals surface area contributed by atoms with Gasteiger partial charge in [0.05, 0.1) is 11.9 Å². The smallest absolute Gasteiger partial charge is 0.318 e. The minimum atomic E-state index is -3.35. The van der Waals surface area contributed by atoms with Gasteiger partial charge in [-0.15, -0.1) is 0 Å². The number of aryl methyl sites for hydroxylation is 1. The molecule has 3 amide bonds. The first-order chi connectivity index (χ1) is 9.58. The van der Waals surface area contributed by atoms with Gasteiger partial charge in [-0.3, -0.25) is 14.8 Å². The summed E-state index contributed by atoms with van der Waals surface area (Å²) in [5.74, 6) is -0.557. The molecule has 0 aliphatic heterocycles. The molecule has 21 heavy (non-hydrogen) atoms. The summed E-state index contributed by atoms with van der Waals surface area (Å²) in [6, 6.07) is 3.29. The molecule has 1 rings (SSSR count). The molecule has 0 aliphatic rings. The number of urea groups is 1. The maximum Gasteiger partial charge on any atom is 0.318 e. The Morgan fingerprint density at radius 1 is 1.29 bits per heavy atom. The van der Waals surface area contributed by atoms with E-state index in [1.165, 1.54) is 0 Å². The second-order valence-corrected chi connectivity index (χ2v) is 6.37. The van der Waals surface area contributed by atoms with Crippen molar-refractivity contribution in [2.75, 3.05) is 16.3 Å². The molecule has 116 valence electrons. The lowest BCUT2D eigenvalue weighted by Gasteiger charge is -2.15. The highest BCUT2D eigenvalue weighted by molar-refractivity contribution is 7.92. The van der Waals surface area contributed by atoms with Gasteiger partial charge < -0.3 is 11.1 Å². The third kappa shape index (κ3) is 5.69. The second kappa shape index (κ2) is 6.44. The Labute approximate surface area is 123 Å². The van der Waals surface area contributed by atoms with E-state index in [-0.39, 0.29) is 0 Å². The van der Waals surface area contributed by atoms with Crippen LogP contribution < -0.4 is 21.1 Å². The molecule has 8 nitrogen and oxygen atoms in total. The van der Waals surface area contributed by atoms with Crippen LogP contribution in [0, 0.1) is 6.92 Å². The molecule has 0 aliphatic carbocycles. The van der Waals surface area contributed by atoms with Crippen molar-refractivity contribution >= 4 is 33.3 Å². The summed E-state index contributed by atoms with van der Waals surface area (Å²) in [5, 5.41) is 4.85. The summed E-state index contributed by atoms with van der Waals surface area (Å²) in [5.41, 5.74) is 6.62. The summed E-state index contributed by atoms with van der Waals surface area (Å²) in [4.78, 5) is 22.1. The Bertz CT molecular complexity index is 657. The van der Waals surface area contributed by atoms with Gasteiger partial charge in [0.2, 0.25) is 15.9 Å². The first kappa shape index (κ1) is 16.8. The van der Waals surface area contributed by atoms with Gasteiger partial charge in [0, 0.05) is 5.69 Å². The van der Waals surface area contributed by atoms with Crippen LogP contribution in [0.4, 0.5) is 16.2 Å². The van der Waals surface area contributed by atoms with Crippen LogP contribution in [0.25, 0.3) is 0 Å². The fraction of sp³-hybridized carbons (Fsp3) is 0.333. The van der Waals surface area contributed by atoms with Crippen molar-refractivity contribution in [2.45, 2.75) is 19.9 Å². The largest absolute Gasteiger partial charge is 0.374 e. The number of amides is 3. The van der Waals surface area contributed by atoms with Crippen LogP contribution in [0.5, 0.6) is 0 Å². The molecule has 0 heterocycles. The van der Waals surface area contributed by atoms with Crippen LogP contribution in [0.3, 0.4) is 0 Å². The number of imide groups is 1. The molecule has 0 saturated carbocycles. The van der Waals surface area contributed by atoms with Crippen LogP contribution >= 0.6 is 0 Å². The first-order valence-corrected chi connectivity index (χ1v) is 7.93. The van der Waals surface area contributed by atoms with E-state index >= 15 is 0 Å². The summed E-state index contributed by atoms with van der Waals surface area (Å²) in [6.07, 6.45) is 1.06. The Kier molecular flexibility index (Phi) is 5.14. The van der Waals surface area contributed by atoms with Crippen molar-refractivity contribution in [2.24, 2.45) is 5.73 Å². The lowest BCUT2D eigenvalue weighted by atomic mass is 10.1. The molecule has 0 aromatic heterocycles. The normalized spacial score (nSPS) is 12.3.